The van der Waals surface area contributed by atoms with E-state index < -0.39 is 17.8 Å². The Morgan fingerprint density at radius 3 is 2.34 bits per heavy atom. The molecule has 2 N–H and O–H groups in total. The smallest absolute Gasteiger partial charge is 0.407 e. The monoisotopic (exact) mass is 405 g/mol. The van der Waals surface area contributed by atoms with Crippen molar-refractivity contribution in [3.05, 3.63) is 35.9 Å². The molecular weight excluding hydrogens is 374 g/mol. The maximum atomic E-state index is 12.3. The van der Waals surface area contributed by atoms with Crippen molar-refractivity contribution in [3.63, 3.8) is 0 Å². The third-order valence-corrected chi connectivity index (χ3v) is 4.39. The zero-order valence-corrected chi connectivity index (χ0v) is 17.4. The lowest BCUT2D eigenvalue weighted by Crippen LogP contribution is -2.48. The highest BCUT2D eigenvalue weighted by Crippen LogP contribution is 2.13. The van der Waals surface area contributed by atoms with Crippen molar-refractivity contribution in [2.24, 2.45) is 0 Å². The number of likely N-dealkylation sites (tertiary alicyclic amines) is 1. The maximum absolute atomic E-state index is 12.3. The molecule has 8 nitrogen and oxygen atoms in total. The normalized spacial score (nSPS) is 14.8. The molecule has 1 fully saturated rings. The molecule has 0 bridgehead atoms. The molecule has 8 heteroatoms. The van der Waals surface area contributed by atoms with Gasteiger partial charge in [0.15, 0.2) is 0 Å². The minimum atomic E-state index is -0.540. The second-order valence-electron chi connectivity index (χ2n) is 8.04. The van der Waals surface area contributed by atoms with Crippen LogP contribution in [0.3, 0.4) is 0 Å². The van der Waals surface area contributed by atoms with Crippen LogP contribution >= 0.6 is 0 Å². The number of ether oxygens (including phenoxy) is 2. The average Bonchev–Trinajstić information content (AvgIpc) is 2.66. The molecule has 0 atom stereocenters. The Morgan fingerprint density at radius 1 is 1.07 bits per heavy atom. The zero-order valence-electron chi connectivity index (χ0n) is 17.4. The number of amides is 3. The van der Waals surface area contributed by atoms with Crippen LogP contribution in [0.25, 0.3) is 0 Å². The van der Waals surface area contributed by atoms with E-state index in [2.05, 4.69) is 10.6 Å². The fourth-order valence-electron chi connectivity index (χ4n) is 2.95. The van der Waals surface area contributed by atoms with E-state index in [0.717, 1.165) is 5.56 Å². The quantitative estimate of drug-likeness (QED) is 0.759. The van der Waals surface area contributed by atoms with Crippen LogP contribution in [0.1, 0.15) is 45.6 Å². The molecule has 1 aliphatic rings. The first kappa shape index (κ1) is 22.5. The minimum Gasteiger partial charge on any atom is -0.445 e. The SMILES string of the molecule is CC(C)(C)OC(=O)NC1CCN(C(=O)CCNC(=O)OCc2ccccc2)CC1. The van der Waals surface area contributed by atoms with Crippen molar-refractivity contribution >= 4 is 18.1 Å². The highest BCUT2D eigenvalue weighted by Gasteiger charge is 2.25. The van der Waals surface area contributed by atoms with Gasteiger partial charge in [0.25, 0.3) is 0 Å². The molecule has 2 rings (SSSR count). The molecule has 0 aromatic heterocycles. The van der Waals surface area contributed by atoms with Crippen LogP contribution in [0, 0.1) is 0 Å². The first-order valence-electron chi connectivity index (χ1n) is 9.95. The van der Waals surface area contributed by atoms with Crippen molar-refractivity contribution in [1.29, 1.82) is 0 Å². The Bertz CT molecular complexity index is 679. The van der Waals surface area contributed by atoms with Crippen molar-refractivity contribution in [2.45, 2.75) is 58.3 Å². The summed E-state index contributed by atoms with van der Waals surface area (Å²) >= 11 is 0. The summed E-state index contributed by atoms with van der Waals surface area (Å²) in [5.74, 6) is -0.0240. The van der Waals surface area contributed by atoms with Gasteiger partial charge in [-0.1, -0.05) is 30.3 Å². The number of hydrogen-bond donors (Lipinski definition) is 2. The van der Waals surface area contributed by atoms with E-state index in [0.29, 0.717) is 25.9 Å². The Hall–Kier alpha value is -2.77. The summed E-state index contributed by atoms with van der Waals surface area (Å²) in [6.45, 7) is 7.01. The molecule has 3 amide bonds. The predicted molar refractivity (Wildman–Crippen MR) is 108 cm³/mol. The average molecular weight is 405 g/mol. The van der Waals surface area contributed by atoms with Gasteiger partial charge >= 0.3 is 12.2 Å². The lowest BCUT2D eigenvalue weighted by molar-refractivity contribution is -0.132. The molecule has 1 aromatic rings. The highest BCUT2D eigenvalue weighted by atomic mass is 16.6. The molecular formula is C21H31N3O5. The highest BCUT2D eigenvalue weighted by molar-refractivity contribution is 5.77. The number of piperidine rings is 1. The van der Waals surface area contributed by atoms with E-state index in [1.54, 1.807) is 4.90 Å². The Balaban J connectivity index is 1.59. The topological polar surface area (TPSA) is 97.0 Å². The van der Waals surface area contributed by atoms with E-state index >= 15 is 0 Å². The van der Waals surface area contributed by atoms with Gasteiger partial charge in [0, 0.05) is 32.1 Å². The van der Waals surface area contributed by atoms with Gasteiger partial charge in [0.1, 0.15) is 12.2 Å². The summed E-state index contributed by atoms with van der Waals surface area (Å²) in [5, 5.41) is 5.45. The number of nitrogens with zero attached hydrogens (tertiary/aromatic N) is 1. The zero-order chi connectivity index (χ0) is 21.3. The Kier molecular flexibility index (Phi) is 8.30. The van der Waals surface area contributed by atoms with E-state index in [4.69, 9.17) is 9.47 Å². The lowest BCUT2D eigenvalue weighted by Gasteiger charge is -2.33. The van der Waals surface area contributed by atoms with E-state index in [1.807, 2.05) is 51.1 Å². The Labute approximate surface area is 171 Å². The van der Waals surface area contributed by atoms with Gasteiger partial charge in [-0.2, -0.15) is 0 Å². The fourth-order valence-corrected chi connectivity index (χ4v) is 2.95. The van der Waals surface area contributed by atoms with Gasteiger partial charge in [-0.05, 0) is 39.2 Å². The van der Waals surface area contributed by atoms with Crippen LogP contribution < -0.4 is 10.6 Å². The number of rotatable bonds is 6. The molecule has 0 unspecified atom stereocenters. The minimum absolute atomic E-state index is 0.00000988. The maximum Gasteiger partial charge on any atom is 0.407 e. The van der Waals surface area contributed by atoms with Gasteiger partial charge < -0.3 is 25.0 Å². The molecule has 1 aromatic carbocycles. The molecule has 0 spiro atoms. The van der Waals surface area contributed by atoms with Crippen LogP contribution in [0.2, 0.25) is 0 Å². The number of alkyl carbamates (subject to hydrolysis) is 2. The van der Waals surface area contributed by atoms with E-state index in [1.165, 1.54) is 0 Å². The molecule has 160 valence electrons. The van der Waals surface area contributed by atoms with Crippen molar-refractivity contribution in [1.82, 2.24) is 15.5 Å². The number of benzene rings is 1. The van der Waals surface area contributed by atoms with Crippen molar-refractivity contribution in [2.75, 3.05) is 19.6 Å². The number of carbonyl (C=O) groups is 3. The third kappa shape index (κ3) is 8.85. The second-order valence-corrected chi connectivity index (χ2v) is 8.04. The second kappa shape index (κ2) is 10.7. The Morgan fingerprint density at radius 2 is 1.72 bits per heavy atom. The largest absolute Gasteiger partial charge is 0.445 e. The van der Waals surface area contributed by atoms with Crippen molar-refractivity contribution < 1.29 is 23.9 Å². The summed E-state index contributed by atoms with van der Waals surface area (Å²) in [5.41, 5.74) is 0.372. The molecule has 0 saturated carbocycles. The van der Waals surface area contributed by atoms with Crippen LogP contribution in [-0.2, 0) is 20.9 Å². The summed E-state index contributed by atoms with van der Waals surface area (Å²) in [6.07, 6.45) is 0.599. The van der Waals surface area contributed by atoms with Gasteiger partial charge in [0.2, 0.25) is 5.91 Å². The lowest BCUT2D eigenvalue weighted by atomic mass is 10.0. The molecule has 29 heavy (non-hydrogen) atoms. The number of hydrogen-bond acceptors (Lipinski definition) is 5. The number of nitrogens with one attached hydrogen (secondary N) is 2. The molecule has 0 aliphatic carbocycles. The molecule has 1 saturated heterocycles. The van der Waals surface area contributed by atoms with E-state index in [9.17, 15) is 14.4 Å². The first-order valence-corrected chi connectivity index (χ1v) is 9.95. The fraction of sp³-hybridized carbons (Fsp3) is 0.571. The van der Waals surface area contributed by atoms with Crippen LogP contribution in [0.4, 0.5) is 9.59 Å². The molecule has 1 heterocycles. The summed E-state index contributed by atoms with van der Waals surface area (Å²) < 4.78 is 10.4. The predicted octanol–water partition coefficient (Wildman–Crippen LogP) is 2.82. The first-order chi connectivity index (χ1) is 13.7. The van der Waals surface area contributed by atoms with Gasteiger partial charge in [-0.3, -0.25) is 4.79 Å². The molecule has 0 radical (unpaired) electrons. The van der Waals surface area contributed by atoms with Gasteiger partial charge in [-0.25, -0.2) is 9.59 Å². The third-order valence-electron chi connectivity index (χ3n) is 4.39. The standard InChI is InChI=1S/C21H31N3O5/c1-21(2,3)29-20(27)23-17-10-13-24(14-11-17)18(25)9-12-22-19(26)28-15-16-7-5-4-6-8-16/h4-8,17H,9-15H2,1-3H3,(H,22,26)(H,23,27). The van der Waals surface area contributed by atoms with Gasteiger partial charge in [0.05, 0.1) is 0 Å². The molecule has 1 aliphatic heterocycles. The van der Waals surface area contributed by atoms with Crippen molar-refractivity contribution in [3.8, 4) is 0 Å². The summed E-state index contributed by atoms with van der Waals surface area (Å²) in [7, 11) is 0. The van der Waals surface area contributed by atoms with E-state index in [-0.39, 0.29) is 31.5 Å². The number of carbonyl (C=O) groups excluding carboxylic acids is 3. The van der Waals surface area contributed by atoms with Gasteiger partial charge in [-0.15, -0.1) is 0 Å². The summed E-state index contributed by atoms with van der Waals surface area (Å²) in [6, 6.07) is 9.39. The van der Waals surface area contributed by atoms with Crippen LogP contribution in [0.5, 0.6) is 0 Å². The van der Waals surface area contributed by atoms with Crippen LogP contribution in [-0.4, -0.2) is 54.3 Å². The van der Waals surface area contributed by atoms with Crippen LogP contribution in [0.15, 0.2) is 30.3 Å². The summed E-state index contributed by atoms with van der Waals surface area (Å²) in [4.78, 5) is 37.6.